The van der Waals surface area contributed by atoms with Gasteiger partial charge in [-0.05, 0) is 17.7 Å². The van der Waals surface area contributed by atoms with Gasteiger partial charge in [0.2, 0.25) is 5.91 Å². The first-order chi connectivity index (χ1) is 15.5. The van der Waals surface area contributed by atoms with Crippen molar-refractivity contribution < 1.29 is 14.3 Å². The summed E-state index contributed by atoms with van der Waals surface area (Å²) in [6.45, 7) is 2.63. The van der Waals surface area contributed by atoms with Crippen LogP contribution in [0.5, 0.6) is 0 Å². The Kier molecular flexibility index (Phi) is 6.02. The lowest BCUT2D eigenvalue weighted by atomic mass is 10.1. The number of amides is 1. The topological polar surface area (TPSA) is 100 Å². The van der Waals surface area contributed by atoms with E-state index in [4.69, 9.17) is 14.7 Å². The maximum absolute atomic E-state index is 11.9. The molecule has 8 heteroatoms. The van der Waals surface area contributed by atoms with Crippen molar-refractivity contribution in [2.45, 2.75) is 13.3 Å². The molecule has 0 atom stereocenters. The van der Waals surface area contributed by atoms with E-state index < -0.39 is 5.97 Å². The number of benzene rings is 2. The fourth-order valence-corrected chi connectivity index (χ4v) is 3.58. The quantitative estimate of drug-likeness (QED) is 0.435. The van der Waals surface area contributed by atoms with Gasteiger partial charge in [-0.25, -0.2) is 14.8 Å². The molecule has 8 nitrogen and oxygen atoms in total. The molecule has 2 aromatic heterocycles. The highest BCUT2D eigenvalue weighted by Crippen LogP contribution is 2.30. The predicted octanol–water partition coefficient (Wildman–Crippen LogP) is 3.38. The van der Waals surface area contributed by atoms with E-state index in [0.717, 1.165) is 21.9 Å². The van der Waals surface area contributed by atoms with Gasteiger partial charge in [-0.2, -0.15) is 0 Å². The monoisotopic (exact) mass is 431 g/mol. The van der Waals surface area contributed by atoms with Gasteiger partial charge in [-0.15, -0.1) is 0 Å². The molecular formula is C24H25N5O3. The number of nitrogens with zero attached hydrogens (tertiary/aromatic N) is 3. The lowest BCUT2D eigenvalue weighted by molar-refractivity contribution is -0.127. The molecule has 0 saturated carbocycles. The number of nitrogens with one attached hydrogen (secondary N) is 2. The summed E-state index contributed by atoms with van der Waals surface area (Å²) in [5.74, 6) is 0.972. The van der Waals surface area contributed by atoms with Crippen molar-refractivity contribution >= 4 is 39.6 Å². The summed E-state index contributed by atoms with van der Waals surface area (Å²) in [7, 11) is 3.12. The fourth-order valence-electron chi connectivity index (χ4n) is 3.58. The van der Waals surface area contributed by atoms with E-state index in [0.29, 0.717) is 42.4 Å². The molecule has 32 heavy (non-hydrogen) atoms. The number of hydrogen-bond donors (Lipinski definition) is 2. The minimum absolute atomic E-state index is 0.00633. The van der Waals surface area contributed by atoms with E-state index in [-0.39, 0.29) is 5.91 Å². The number of carbonyl (C=O) groups excluding carboxylic acids is 2. The average Bonchev–Trinajstić information content (AvgIpc) is 3.16. The maximum Gasteiger partial charge on any atom is 0.337 e. The molecule has 0 fully saturated rings. The molecule has 0 radical (unpaired) electrons. The Balaban J connectivity index is 1.76. The molecule has 0 spiro atoms. The predicted molar refractivity (Wildman–Crippen MR) is 124 cm³/mol. The van der Waals surface area contributed by atoms with Crippen LogP contribution >= 0.6 is 0 Å². The number of H-pyrrole nitrogens is 1. The van der Waals surface area contributed by atoms with Crippen LogP contribution in [0.25, 0.3) is 21.9 Å². The molecule has 2 N–H and O–H groups in total. The molecule has 0 aliphatic heterocycles. The third kappa shape index (κ3) is 4.39. The van der Waals surface area contributed by atoms with E-state index in [1.807, 2.05) is 36.4 Å². The van der Waals surface area contributed by atoms with Crippen molar-refractivity contribution in [2.24, 2.45) is 0 Å². The summed E-state index contributed by atoms with van der Waals surface area (Å²) in [6, 6.07) is 15.4. The van der Waals surface area contributed by atoms with Crippen molar-refractivity contribution in [2.75, 3.05) is 32.6 Å². The van der Waals surface area contributed by atoms with Gasteiger partial charge in [0.05, 0.1) is 18.1 Å². The minimum atomic E-state index is -0.396. The van der Waals surface area contributed by atoms with Crippen LogP contribution in [0.4, 0.5) is 5.82 Å². The number of fused-ring (bicyclic) bond motifs is 3. The lowest BCUT2D eigenvalue weighted by Gasteiger charge is -2.16. The zero-order chi connectivity index (χ0) is 22.7. The second-order valence-electron chi connectivity index (χ2n) is 7.62. The SMILES string of the molecule is COC(=O)c1ccc2c(c1)[nH]c1nc(Cc3ccccc3)nc(NCCN(C)C(C)=O)c12. The molecule has 4 rings (SSSR count). The Hall–Kier alpha value is -3.94. The lowest BCUT2D eigenvalue weighted by Crippen LogP contribution is -2.29. The zero-order valence-electron chi connectivity index (χ0n) is 18.3. The Labute approximate surface area is 185 Å². The number of rotatable bonds is 7. The normalized spacial score (nSPS) is 11.0. The molecule has 0 bridgehead atoms. The van der Waals surface area contributed by atoms with E-state index in [2.05, 4.69) is 10.3 Å². The van der Waals surface area contributed by atoms with Crippen LogP contribution in [0.1, 0.15) is 28.7 Å². The van der Waals surface area contributed by atoms with Gasteiger partial charge in [0, 0.05) is 44.4 Å². The van der Waals surface area contributed by atoms with Crippen LogP contribution in [0.2, 0.25) is 0 Å². The number of ether oxygens (including phenoxy) is 1. The molecule has 0 aliphatic rings. The number of methoxy groups -OCH3 is 1. The second-order valence-corrected chi connectivity index (χ2v) is 7.62. The van der Waals surface area contributed by atoms with Gasteiger partial charge in [0.15, 0.2) is 0 Å². The van der Waals surface area contributed by atoms with E-state index in [1.54, 1.807) is 31.0 Å². The summed E-state index contributed by atoms with van der Waals surface area (Å²) in [5.41, 5.74) is 3.03. The molecular weight excluding hydrogens is 406 g/mol. The Morgan fingerprint density at radius 2 is 1.91 bits per heavy atom. The Morgan fingerprint density at radius 1 is 1.12 bits per heavy atom. The van der Waals surface area contributed by atoms with Gasteiger partial charge in [-0.3, -0.25) is 4.79 Å². The van der Waals surface area contributed by atoms with E-state index in [9.17, 15) is 9.59 Å². The summed E-state index contributed by atoms with van der Waals surface area (Å²) in [4.78, 5) is 38.0. The van der Waals surface area contributed by atoms with Crippen LogP contribution in [0.3, 0.4) is 0 Å². The van der Waals surface area contributed by atoms with Gasteiger partial charge >= 0.3 is 5.97 Å². The first-order valence-electron chi connectivity index (χ1n) is 10.4. The molecule has 0 unspecified atom stereocenters. The van der Waals surface area contributed by atoms with Crippen molar-refractivity contribution in [1.29, 1.82) is 0 Å². The highest BCUT2D eigenvalue weighted by atomic mass is 16.5. The van der Waals surface area contributed by atoms with Gasteiger partial charge in [-0.1, -0.05) is 36.4 Å². The summed E-state index contributed by atoms with van der Waals surface area (Å²) in [5, 5.41) is 5.12. The number of hydrogen-bond acceptors (Lipinski definition) is 6. The Morgan fingerprint density at radius 3 is 2.62 bits per heavy atom. The Bertz CT molecular complexity index is 1280. The first-order valence-corrected chi connectivity index (χ1v) is 10.4. The van der Waals surface area contributed by atoms with Crippen LogP contribution in [0, 0.1) is 0 Å². The minimum Gasteiger partial charge on any atom is -0.465 e. The third-order valence-electron chi connectivity index (χ3n) is 5.40. The third-order valence-corrected chi connectivity index (χ3v) is 5.40. The summed E-state index contributed by atoms with van der Waals surface area (Å²) < 4.78 is 4.84. The first kappa shape index (κ1) is 21.3. The van der Waals surface area contributed by atoms with Gasteiger partial charge in [0.25, 0.3) is 0 Å². The molecule has 2 aromatic carbocycles. The highest BCUT2D eigenvalue weighted by molar-refractivity contribution is 6.12. The standard InChI is InChI=1S/C24H25N5O3/c1-15(30)29(2)12-11-25-22-21-18-10-9-17(24(31)32-3)14-19(18)26-23(21)28-20(27-22)13-16-7-5-4-6-8-16/h4-10,14H,11-13H2,1-3H3,(H2,25,26,27,28). The number of aromatic nitrogens is 3. The fraction of sp³-hybridized carbons (Fsp3) is 0.250. The van der Waals surface area contributed by atoms with Crippen molar-refractivity contribution in [3.8, 4) is 0 Å². The maximum atomic E-state index is 11.9. The smallest absolute Gasteiger partial charge is 0.337 e. The van der Waals surface area contributed by atoms with Crippen LogP contribution < -0.4 is 5.32 Å². The number of carbonyl (C=O) groups is 2. The summed E-state index contributed by atoms with van der Waals surface area (Å²) in [6.07, 6.45) is 0.585. The largest absolute Gasteiger partial charge is 0.465 e. The molecule has 2 heterocycles. The highest BCUT2D eigenvalue weighted by Gasteiger charge is 2.16. The second kappa shape index (κ2) is 9.05. The number of esters is 1. The number of anilines is 1. The van der Waals surface area contributed by atoms with E-state index >= 15 is 0 Å². The van der Waals surface area contributed by atoms with Crippen LogP contribution in [-0.2, 0) is 16.0 Å². The molecule has 4 aromatic rings. The van der Waals surface area contributed by atoms with Crippen molar-refractivity contribution in [1.82, 2.24) is 19.9 Å². The van der Waals surface area contributed by atoms with Gasteiger partial charge in [0.1, 0.15) is 17.3 Å². The number of aromatic amines is 1. The van der Waals surface area contributed by atoms with Crippen molar-refractivity contribution in [3.05, 3.63) is 65.5 Å². The summed E-state index contributed by atoms with van der Waals surface area (Å²) >= 11 is 0. The molecule has 0 aliphatic carbocycles. The van der Waals surface area contributed by atoms with Crippen LogP contribution in [-0.4, -0.2) is 59.0 Å². The van der Waals surface area contributed by atoms with Gasteiger partial charge < -0.3 is 19.9 Å². The van der Waals surface area contributed by atoms with Crippen molar-refractivity contribution in [3.63, 3.8) is 0 Å². The average molecular weight is 431 g/mol. The van der Waals surface area contributed by atoms with Crippen LogP contribution in [0.15, 0.2) is 48.5 Å². The van der Waals surface area contributed by atoms with E-state index in [1.165, 1.54) is 7.11 Å². The molecule has 164 valence electrons. The molecule has 0 saturated heterocycles. The molecule has 1 amide bonds. The number of likely N-dealkylation sites (N-methyl/N-ethyl adjacent to an activating group) is 1. The zero-order valence-corrected chi connectivity index (χ0v) is 18.3.